The van der Waals surface area contributed by atoms with Crippen LogP contribution in [0.5, 0.6) is 0 Å². The van der Waals surface area contributed by atoms with Crippen molar-refractivity contribution in [2.75, 3.05) is 6.61 Å². The second-order valence-electron chi connectivity index (χ2n) is 4.06. The normalized spacial score (nSPS) is 9.79. The Morgan fingerprint density at radius 2 is 1.68 bits per heavy atom. The lowest BCUT2D eigenvalue weighted by Crippen LogP contribution is -2.42. The summed E-state index contributed by atoms with van der Waals surface area (Å²) < 4.78 is 4.62. The summed E-state index contributed by atoms with van der Waals surface area (Å²) in [4.78, 5) is 22.4. The first-order chi connectivity index (χ1) is 9.15. The van der Waals surface area contributed by atoms with Gasteiger partial charge in [0.25, 0.3) is 0 Å². The molecule has 0 radical (unpaired) electrons. The molecular weight excluding hydrogens is 244 g/mol. The molecule has 0 fully saturated rings. The molecule has 1 aromatic carbocycles. The average Bonchev–Trinajstić information content (AvgIpc) is 2.44. The minimum Gasteiger partial charge on any atom is -0.449 e. The van der Waals surface area contributed by atoms with Crippen molar-refractivity contribution in [3.05, 3.63) is 35.4 Å². The van der Waals surface area contributed by atoms with Gasteiger partial charge in [-0.3, -0.25) is 10.2 Å². The number of amides is 2. The molecule has 2 amide bonds. The molecule has 0 unspecified atom stereocenters. The van der Waals surface area contributed by atoms with Crippen molar-refractivity contribution in [3.8, 4) is 0 Å². The van der Waals surface area contributed by atoms with Gasteiger partial charge in [0.05, 0.1) is 6.61 Å². The van der Waals surface area contributed by atoms with Crippen molar-refractivity contribution in [1.29, 1.82) is 0 Å². The van der Waals surface area contributed by atoms with Gasteiger partial charge in [-0.05, 0) is 30.9 Å². The lowest BCUT2D eigenvalue weighted by Gasteiger charge is -2.07. The summed E-state index contributed by atoms with van der Waals surface area (Å²) in [6, 6.07) is 8.16. The number of benzene rings is 1. The molecule has 104 valence electrons. The maximum Gasteiger partial charge on any atom is 0.426 e. The quantitative estimate of drug-likeness (QED) is 0.799. The Labute approximate surface area is 113 Å². The molecule has 0 aliphatic heterocycles. The van der Waals surface area contributed by atoms with Gasteiger partial charge in [-0.15, -0.1) is 0 Å². The van der Waals surface area contributed by atoms with E-state index in [0.717, 1.165) is 12.0 Å². The van der Waals surface area contributed by atoms with Crippen LogP contribution in [0.25, 0.3) is 0 Å². The van der Waals surface area contributed by atoms with Gasteiger partial charge >= 0.3 is 6.09 Å². The van der Waals surface area contributed by atoms with Gasteiger partial charge < -0.3 is 4.74 Å². The van der Waals surface area contributed by atoms with E-state index in [4.69, 9.17) is 0 Å². The van der Waals surface area contributed by atoms with Crippen molar-refractivity contribution in [1.82, 2.24) is 10.9 Å². The monoisotopic (exact) mass is 264 g/mol. The van der Waals surface area contributed by atoms with Gasteiger partial charge in [0, 0.05) is 6.42 Å². The summed E-state index contributed by atoms with van der Waals surface area (Å²) in [5.74, 6) is -0.243. The smallest absolute Gasteiger partial charge is 0.426 e. The SMILES string of the molecule is CCOC(=O)NNC(=O)CCc1ccc(CC)cc1. The summed E-state index contributed by atoms with van der Waals surface area (Å²) in [5, 5.41) is 0. The number of hydrazine groups is 1. The maximum absolute atomic E-state index is 11.5. The highest BCUT2D eigenvalue weighted by Gasteiger charge is 2.05. The number of rotatable bonds is 5. The van der Waals surface area contributed by atoms with E-state index in [0.29, 0.717) is 12.8 Å². The van der Waals surface area contributed by atoms with Crippen molar-refractivity contribution in [3.63, 3.8) is 0 Å². The lowest BCUT2D eigenvalue weighted by atomic mass is 10.1. The first-order valence-electron chi connectivity index (χ1n) is 6.45. The number of aryl methyl sites for hydroxylation is 2. The van der Waals surface area contributed by atoms with Crippen LogP contribution in [0.4, 0.5) is 4.79 Å². The van der Waals surface area contributed by atoms with Gasteiger partial charge in [-0.25, -0.2) is 10.2 Å². The Bertz CT molecular complexity index is 415. The van der Waals surface area contributed by atoms with E-state index in [-0.39, 0.29) is 12.5 Å². The average molecular weight is 264 g/mol. The number of carbonyl (C=O) groups excluding carboxylic acids is 2. The molecule has 0 spiro atoms. The molecule has 2 N–H and O–H groups in total. The van der Waals surface area contributed by atoms with Crippen LogP contribution in [-0.2, 0) is 22.4 Å². The van der Waals surface area contributed by atoms with Gasteiger partial charge in [-0.1, -0.05) is 31.2 Å². The highest BCUT2D eigenvalue weighted by molar-refractivity contribution is 5.79. The summed E-state index contributed by atoms with van der Waals surface area (Å²) in [5.41, 5.74) is 6.85. The minimum absolute atomic E-state index is 0.243. The number of nitrogens with one attached hydrogen (secondary N) is 2. The molecule has 0 heterocycles. The first kappa shape index (κ1) is 15.0. The van der Waals surface area contributed by atoms with Gasteiger partial charge in [0.15, 0.2) is 0 Å². The highest BCUT2D eigenvalue weighted by atomic mass is 16.5. The molecule has 0 saturated carbocycles. The Hall–Kier alpha value is -2.04. The zero-order valence-corrected chi connectivity index (χ0v) is 11.4. The molecule has 5 nitrogen and oxygen atoms in total. The molecule has 0 aliphatic carbocycles. The van der Waals surface area contributed by atoms with E-state index in [1.54, 1.807) is 6.92 Å². The van der Waals surface area contributed by atoms with Crippen LogP contribution in [0.2, 0.25) is 0 Å². The van der Waals surface area contributed by atoms with E-state index in [2.05, 4.69) is 34.6 Å². The van der Waals surface area contributed by atoms with Crippen LogP contribution in [0.15, 0.2) is 24.3 Å². The van der Waals surface area contributed by atoms with Gasteiger partial charge in [0.1, 0.15) is 0 Å². The number of hydrogen-bond acceptors (Lipinski definition) is 3. The Morgan fingerprint density at radius 3 is 2.26 bits per heavy atom. The van der Waals surface area contributed by atoms with E-state index >= 15 is 0 Å². The van der Waals surface area contributed by atoms with Crippen LogP contribution in [-0.4, -0.2) is 18.6 Å². The molecule has 19 heavy (non-hydrogen) atoms. The molecule has 0 saturated heterocycles. The number of ether oxygens (including phenoxy) is 1. The maximum atomic E-state index is 11.5. The van der Waals surface area contributed by atoms with E-state index < -0.39 is 6.09 Å². The second kappa shape index (κ2) is 8.13. The van der Waals surface area contributed by atoms with Crippen LogP contribution in [0.3, 0.4) is 0 Å². The van der Waals surface area contributed by atoms with E-state index in [1.165, 1.54) is 5.56 Å². The standard InChI is InChI=1S/C14H20N2O3/c1-3-11-5-7-12(8-6-11)9-10-13(17)15-16-14(18)19-4-2/h5-8H,3-4,9-10H2,1-2H3,(H,15,17)(H,16,18). The summed E-state index contributed by atoms with van der Waals surface area (Å²) in [6.45, 7) is 4.07. The fourth-order valence-corrected chi connectivity index (χ4v) is 1.55. The minimum atomic E-state index is -0.650. The van der Waals surface area contributed by atoms with E-state index in [1.807, 2.05) is 12.1 Å². The summed E-state index contributed by atoms with van der Waals surface area (Å²) in [7, 11) is 0. The fourth-order valence-electron chi connectivity index (χ4n) is 1.55. The Kier molecular flexibility index (Phi) is 6.43. The zero-order valence-electron chi connectivity index (χ0n) is 11.4. The molecular formula is C14H20N2O3. The molecule has 0 aromatic heterocycles. The number of carbonyl (C=O) groups is 2. The van der Waals surface area contributed by atoms with Crippen LogP contribution in [0.1, 0.15) is 31.4 Å². The van der Waals surface area contributed by atoms with Crippen LogP contribution < -0.4 is 10.9 Å². The topological polar surface area (TPSA) is 67.4 Å². The zero-order chi connectivity index (χ0) is 14.1. The third-order valence-electron chi connectivity index (χ3n) is 2.65. The third kappa shape index (κ3) is 5.90. The van der Waals surface area contributed by atoms with Crippen molar-refractivity contribution >= 4 is 12.0 Å². The molecule has 0 aliphatic rings. The predicted octanol–water partition coefficient (Wildman–Crippen LogP) is 1.96. The van der Waals surface area contributed by atoms with Gasteiger partial charge in [0.2, 0.25) is 5.91 Å². The Morgan fingerprint density at radius 1 is 1.05 bits per heavy atom. The van der Waals surface area contributed by atoms with Crippen LogP contribution >= 0.6 is 0 Å². The first-order valence-corrected chi connectivity index (χ1v) is 6.45. The largest absolute Gasteiger partial charge is 0.449 e. The van der Waals surface area contributed by atoms with Crippen LogP contribution in [0, 0.1) is 0 Å². The van der Waals surface area contributed by atoms with Crippen molar-refractivity contribution < 1.29 is 14.3 Å². The summed E-state index contributed by atoms with van der Waals surface area (Å²) >= 11 is 0. The molecule has 5 heteroatoms. The molecule has 0 bridgehead atoms. The Balaban J connectivity index is 2.27. The number of hydrogen-bond donors (Lipinski definition) is 2. The molecule has 1 rings (SSSR count). The predicted molar refractivity (Wildman–Crippen MR) is 72.4 cm³/mol. The van der Waals surface area contributed by atoms with Crippen molar-refractivity contribution in [2.24, 2.45) is 0 Å². The second-order valence-corrected chi connectivity index (χ2v) is 4.06. The highest BCUT2D eigenvalue weighted by Crippen LogP contribution is 2.07. The summed E-state index contributed by atoms with van der Waals surface area (Å²) in [6.07, 6.45) is 1.31. The van der Waals surface area contributed by atoms with Gasteiger partial charge in [-0.2, -0.15) is 0 Å². The fraction of sp³-hybridized carbons (Fsp3) is 0.429. The molecule has 1 aromatic rings. The third-order valence-corrected chi connectivity index (χ3v) is 2.65. The molecule has 0 atom stereocenters. The van der Waals surface area contributed by atoms with Crippen molar-refractivity contribution in [2.45, 2.75) is 33.1 Å². The lowest BCUT2D eigenvalue weighted by molar-refractivity contribution is -0.121. The van der Waals surface area contributed by atoms with E-state index in [9.17, 15) is 9.59 Å².